The Bertz CT molecular complexity index is 466. The number of anilines is 1. The number of carbonyl (C=O) groups excluding carboxylic acids is 1. The molecule has 3 nitrogen and oxygen atoms in total. The minimum atomic E-state index is 0.0793. The minimum Gasteiger partial charge on any atom is -0.389 e. The first-order valence-corrected chi connectivity index (χ1v) is 6.17. The first-order chi connectivity index (χ1) is 8.06. The van der Waals surface area contributed by atoms with Gasteiger partial charge in [-0.15, -0.1) is 0 Å². The van der Waals surface area contributed by atoms with Crippen LogP contribution in [0, 0.1) is 12.8 Å². The van der Waals surface area contributed by atoms with Crippen molar-refractivity contribution in [2.45, 2.75) is 26.2 Å². The van der Waals surface area contributed by atoms with Gasteiger partial charge in [0.2, 0.25) is 5.91 Å². The SMILES string of the molecule is Cc1ccc(C(N)=S)cc1NC(=O)CC1CC1. The number of aryl methyl sites for hydroxylation is 1. The van der Waals surface area contributed by atoms with E-state index in [2.05, 4.69) is 5.32 Å². The second kappa shape index (κ2) is 4.84. The van der Waals surface area contributed by atoms with Crippen LogP contribution in [-0.2, 0) is 4.79 Å². The lowest BCUT2D eigenvalue weighted by Gasteiger charge is -2.10. The van der Waals surface area contributed by atoms with Crippen LogP contribution in [0.4, 0.5) is 5.69 Å². The van der Waals surface area contributed by atoms with Gasteiger partial charge in [-0.05, 0) is 37.3 Å². The highest BCUT2D eigenvalue weighted by atomic mass is 32.1. The van der Waals surface area contributed by atoms with Crippen molar-refractivity contribution in [3.63, 3.8) is 0 Å². The molecule has 0 aliphatic heterocycles. The van der Waals surface area contributed by atoms with Gasteiger partial charge in [0.25, 0.3) is 0 Å². The van der Waals surface area contributed by atoms with Gasteiger partial charge in [0, 0.05) is 17.7 Å². The molecule has 1 amide bonds. The Morgan fingerprint density at radius 3 is 2.82 bits per heavy atom. The molecule has 0 radical (unpaired) electrons. The molecule has 17 heavy (non-hydrogen) atoms. The maximum Gasteiger partial charge on any atom is 0.224 e. The van der Waals surface area contributed by atoms with E-state index in [4.69, 9.17) is 18.0 Å². The quantitative estimate of drug-likeness (QED) is 0.804. The van der Waals surface area contributed by atoms with Gasteiger partial charge < -0.3 is 11.1 Å². The molecule has 4 heteroatoms. The summed E-state index contributed by atoms with van der Waals surface area (Å²) in [4.78, 5) is 12.1. The summed E-state index contributed by atoms with van der Waals surface area (Å²) in [6.07, 6.45) is 2.98. The zero-order valence-electron chi connectivity index (χ0n) is 9.82. The van der Waals surface area contributed by atoms with Gasteiger partial charge in [-0.2, -0.15) is 0 Å². The Hall–Kier alpha value is -1.42. The molecule has 0 aromatic heterocycles. The third-order valence-electron chi connectivity index (χ3n) is 2.97. The maximum absolute atomic E-state index is 11.7. The van der Waals surface area contributed by atoms with E-state index >= 15 is 0 Å². The Morgan fingerprint density at radius 2 is 2.24 bits per heavy atom. The van der Waals surface area contributed by atoms with Crippen LogP contribution in [-0.4, -0.2) is 10.9 Å². The molecule has 0 spiro atoms. The molecule has 1 aliphatic carbocycles. The van der Waals surface area contributed by atoms with Crippen LogP contribution >= 0.6 is 12.2 Å². The largest absolute Gasteiger partial charge is 0.389 e. The molecule has 1 aromatic rings. The number of rotatable bonds is 4. The summed E-state index contributed by atoms with van der Waals surface area (Å²) in [7, 11) is 0. The molecule has 3 N–H and O–H groups in total. The van der Waals surface area contributed by atoms with E-state index in [1.54, 1.807) is 0 Å². The van der Waals surface area contributed by atoms with Crippen LogP contribution in [0.25, 0.3) is 0 Å². The van der Waals surface area contributed by atoms with E-state index in [1.807, 2.05) is 25.1 Å². The smallest absolute Gasteiger partial charge is 0.224 e. The first-order valence-electron chi connectivity index (χ1n) is 5.76. The normalized spacial score (nSPS) is 14.4. The zero-order chi connectivity index (χ0) is 12.4. The van der Waals surface area contributed by atoms with Crippen molar-refractivity contribution in [3.8, 4) is 0 Å². The molecule has 0 saturated heterocycles. The summed E-state index contributed by atoms with van der Waals surface area (Å²) in [5.41, 5.74) is 8.19. The van der Waals surface area contributed by atoms with Gasteiger partial charge in [0.15, 0.2) is 0 Å². The molecule has 2 rings (SSSR count). The molecule has 0 atom stereocenters. The first kappa shape index (κ1) is 12.0. The third-order valence-corrected chi connectivity index (χ3v) is 3.20. The summed E-state index contributed by atoms with van der Waals surface area (Å²) < 4.78 is 0. The highest BCUT2D eigenvalue weighted by molar-refractivity contribution is 7.80. The maximum atomic E-state index is 11.7. The number of thiocarbonyl (C=S) groups is 1. The average Bonchev–Trinajstić information content (AvgIpc) is 3.04. The van der Waals surface area contributed by atoms with Crippen LogP contribution in [0.1, 0.15) is 30.4 Å². The highest BCUT2D eigenvalue weighted by Crippen LogP contribution is 2.32. The average molecular weight is 248 g/mol. The van der Waals surface area contributed by atoms with Crippen LogP contribution < -0.4 is 11.1 Å². The molecule has 1 aliphatic rings. The molecule has 0 heterocycles. The Balaban J connectivity index is 2.09. The number of nitrogens with two attached hydrogens (primary N) is 1. The second-order valence-electron chi connectivity index (χ2n) is 4.59. The highest BCUT2D eigenvalue weighted by Gasteiger charge is 2.24. The van der Waals surface area contributed by atoms with Gasteiger partial charge in [-0.25, -0.2) is 0 Å². The zero-order valence-corrected chi connectivity index (χ0v) is 10.6. The van der Waals surface area contributed by atoms with E-state index in [1.165, 1.54) is 12.8 Å². The van der Waals surface area contributed by atoms with E-state index in [0.29, 0.717) is 17.3 Å². The predicted octanol–water partition coefficient (Wildman–Crippen LogP) is 2.37. The van der Waals surface area contributed by atoms with Crippen molar-refractivity contribution in [3.05, 3.63) is 29.3 Å². The molecule has 0 bridgehead atoms. The van der Waals surface area contributed by atoms with Gasteiger partial charge in [-0.3, -0.25) is 4.79 Å². The molecular formula is C13H16N2OS. The van der Waals surface area contributed by atoms with Gasteiger partial charge in [0.1, 0.15) is 4.99 Å². The summed E-state index contributed by atoms with van der Waals surface area (Å²) in [6.45, 7) is 1.95. The summed E-state index contributed by atoms with van der Waals surface area (Å²) in [5.74, 6) is 0.671. The van der Waals surface area contributed by atoms with E-state index < -0.39 is 0 Å². The van der Waals surface area contributed by atoms with Crippen LogP contribution in [0.5, 0.6) is 0 Å². The summed E-state index contributed by atoms with van der Waals surface area (Å²) in [5, 5.41) is 2.92. The minimum absolute atomic E-state index is 0.0793. The van der Waals surface area contributed by atoms with Crippen LogP contribution in [0.2, 0.25) is 0 Å². The van der Waals surface area contributed by atoms with Gasteiger partial charge >= 0.3 is 0 Å². The van der Waals surface area contributed by atoms with Crippen molar-refractivity contribution in [2.75, 3.05) is 5.32 Å². The van der Waals surface area contributed by atoms with Crippen molar-refractivity contribution in [1.82, 2.24) is 0 Å². The Kier molecular flexibility index (Phi) is 3.43. The molecule has 1 fully saturated rings. The Labute approximate surface area is 106 Å². The summed E-state index contributed by atoms with van der Waals surface area (Å²) >= 11 is 4.92. The fourth-order valence-electron chi connectivity index (χ4n) is 1.70. The van der Waals surface area contributed by atoms with E-state index in [-0.39, 0.29) is 5.91 Å². The monoisotopic (exact) mass is 248 g/mol. The number of hydrogen-bond acceptors (Lipinski definition) is 2. The molecule has 1 aromatic carbocycles. The standard InChI is InChI=1S/C13H16N2OS/c1-8-2-5-10(13(14)17)7-11(8)15-12(16)6-9-3-4-9/h2,5,7,9H,3-4,6H2,1H3,(H2,14,17)(H,15,16). The number of benzene rings is 1. The lowest BCUT2D eigenvalue weighted by atomic mass is 10.1. The van der Waals surface area contributed by atoms with Crippen molar-refractivity contribution >= 4 is 28.8 Å². The lowest BCUT2D eigenvalue weighted by Crippen LogP contribution is -2.15. The lowest BCUT2D eigenvalue weighted by molar-refractivity contribution is -0.116. The van der Waals surface area contributed by atoms with Crippen molar-refractivity contribution in [2.24, 2.45) is 11.7 Å². The topological polar surface area (TPSA) is 55.1 Å². The van der Waals surface area contributed by atoms with E-state index in [9.17, 15) is 4.79 Å². The fourth-order valence-corrected chi connectivity index (χ4v) is 1.82. The molecule has 0 unspecified atom stereocenters. The van der Waals surface area contributed by atoms with Crippen molar-refractivity contribution < 1.29 is 4.79 Å². The van der Waals surface area contributed by atoms with Crippen molar-refractivity contribution in [1.29, 1.82) is 0 Å². The fraction of sp³-hybridized carbons (Fsp3) is 0.385. The third kappa shape index (κ3) is 3.27. The number of amides is 1. The number of hydrogen-bond donors (Lipinski definition) is 2. The van der Waals surface area contributed by atoms with Gasteiger partial charge in [-0.1, -0.05) is 24.4 Å². The van der Waals surface area contributed by atoms with Gasteiger partial charge in [0.05, 0.1) is 0 Å². The number of carbonyl (C=O) groups is 1. The van der Waals surface area contributed by atoms with Crippen LogP contribution in [0.15, 0.2) is 18.2 Å². The Morgan fingerprint density at radius 1 is 1.53 bits per heavy atom. The molecule has 90 valence electrons. The van der Waals surface area contributed by atoms with Crippen LogP contribution in [0.3, 0.4) is 0 Å². The predicted molar refractivity (Wildman–Crippen MR) is 73.0 cm³/mol. The number of nitrogens with one attached hydrogen (secondary N) is 1. The van der Waals surface area contributed by atoms with E-state index in [0.717, 1.165) is 16.8 Å². The summed E-state index contributed by atoms with van der Waals surface area (Å²) in [6, 6.07) is 5.62. The second-order valence-corrected chi connectivity index (χ2v) is 5.03. The molecule has 1 saturated carbocycles. The molecular weight excluding hydrogens is 232 g/mol.